The summed E-state index contributed by atoms with van der Waals surface area (Å²) in [4.78, 5) is 8.42. The van der Waals surface area contributed by atoms with Gasteiger partial charge in [0.05, 0.1) is 0 Å². The van der Waals surface area contributed by atoms with Crippen molar-refractivity contribution in [1.82, 2.24) is 9.97 Å². The van der Waals surface area contributed by atoms with E-state index in [4.69, 9.17) is 14.2 Å². The molecule has 1 N–H and O–H groups in total. The predicted octanol–water partition coefficient (Wildman–Crippen LogP) is 3.66. The van der Waals surface area contributed by atoms with Crippen LogP contribution in [-0.2, 0) is 10.2 Å². The first-order valence-corrected chi connectivity index (χ1v) is 9.36. The molecule has 1 aromatic heterocycles. The average Bonchev–Trinajstić information content (AvgIpc) is 3.21. The molecule has 0 atom stereocenters. The van der Waals surface area contributed by atoms with Gasteiger partial charge in [0.15, 0.2) is 11.5 Å². The summed E-state index contributed by atoms with van der Waals surface area (Å²) in [5, 5.41) is 4.12. The van der Waals surface area contributed by atoms with Crippen LogP contribution in [-0.4, -0.2) is 36.5 Å². The van der Waals surface area contributed by atoms with Crippen molar-refractivity contribution >= 4 is 16.7 Å². The molecule has 28 heavy (non-hydrogen) atoms. The zero-order valence-electron chi connectivity index (χ0n) is 15.3. The summed E-state index contributed by atoms with van der Waals surface area (Å²) in [6.45, 7) is 2.29. The molecular formula is C21H20FN3O3. The fraction of sp³-hybridized carbons (Fsp3) is 0.333. The number of nitrogens with zero attached hydrogens (tertiary/aromatic N) is 2. The lowest BCUT2D eigenvalue weighted by atomic mass is 9.74. The third-order valence-electron chi connectivity index (χ3n) is 5.64. The van der Waals surface area contributed by atoms with Crippen LogP contribution in [0.25, 0.3) is 10.9 Å². The van der Waals surface area contributed by atoms with Gasteiger partial charge in [-0.15, -0.1) is 0 Å². The molecule has 2 aliphatic rings. The second-order valence-electron chi connectivity index (χ2n) is 7.17. The number of rotatable bonds is 4. The maximum absolute atomic E-state index is 14.1. The van der Waals surface area contributed by atoms with Gasteiger partial charge in [-0.25, -0.2) is 14.4 Å². The summed E-state index contributed by atoms with van der Waals surface area (Å²) in [5.74, 6) is 1.84. The summed E-state index contributed by atoms with van der Waals surface area (Å²) in [7, 11) is 0. The van der Waals surface area contributed by atoms with Crippen LogP contribution in [0.3, 0.4) is 0 Å². The number of hydrogen-bond acceptors (Lipinski definition) is 6. The van der Waals surface area contributed by atoms with Crippen LogP contribution in [0.2, 0.25) is 0 Å². The monoisotopic (exact) mass is 381 g/mol. The highest BCUT2D eigenvalue weighted by molar-refractivity contribution is 5.89. The minimum atomic E-state index is -0.348. The van der Waals surface area contributed by atoms with E-state index in [1.54, 1.807) is 6.07 Å². The first-order chi connectivity index (χ1) is 13.8. The van der Waals surface area contributed by atoms with Gasteiger partial charge >= 0.3 is 0 Å². The standard InChI is InChI=1S/C21H20FN3O3/c22-16-3-1-2-15-19(16)24-12-25-20(15)23-11-21(6-8-26-9-7-21)14-4-5-17-18(10-14)28-13-27-17/h1-5,10,12H,6-9,11,13H2,(H,23,24,25). The summed E-state index contributed by atoms with van der Waals surface area (Å²) < 4.78 is 30.7. The number of hydrogen-bond donors (Lipinski definition) is 1. The minimum Gasteiger partial charge on any atom is -0.454 e. The Kier molecular flexibility index (Phi) is 4.24. The van der Waals surface area contributed by atoms with Gasteiger partial charge in [-0.1, -0.05) is 12.1 Å². The highest BCUT2D eigenvalue weighted by atomic mass is 19.1. The fourth-order valence-electron chi connectivity index (χ4n) is 4.00. The number of nitrogens with one attached hydrogen (secondary N) is 1. The van der Waals surface area contributed by atoms with Crippen molar-refractivity contribution in [1.29, 1.82) is 0 Å². The smallest absolute Gasteiger partial charge is 0.231 e. The van der Waals surface area contributed by atoms with E-state index in [9.17, 15) is 4.39 Å². The summed E-state index contributed by atoms with van der Waals surface area (Å²) in [6, 6.07) is 11.0. The van der Waals surface area contributed by atoms with Crippen LogP contribution < -0.4 is 14.8 Å². The Hall–Kier alpha value is -2.93. The predicted molar refractivity (Wildman–Crippen MR) is 102 cm³/mol. The molecule has 6 nitrogen and oxygen atoms in total. The lowest BCUT2D eigenvalue weighted by Crippen LogP contribution is -2.40. The van der Waals surface area contributed by atoms with Crippen LogP contribution in [0.15, 0.2) is 42.7 Å². The molecule has 0 bridgehead atoms. The number of halogens is 1. The maximum atomic E-state index is 14.1. The van der Waals surface area contributed by atoms with Gasteiger partial charge in [0.2, 0.25) is 6.79 Å². The molecule has 2 aromatic carbocycles. The zero-order valence-corrected chi connectivity index (χ0v) is 15.3. The molecule has 3 aromatic rings. The topological polar surface area (TPSA) is 65.5 Å². The van der Waals surface area contributed by atoms with Crippen LogP contribution in [0.5, 0.6) is 11.5 Å². The van der Waals surface area contributed by atoms with Crippen molar-refractivity contribution < 1.29 is 18.6 Å². The molecule has 3 heterocycles. The van der Waals surface area contributed by atoms with E-state index in [1.165, 1.54) is 18.0 Å². The molecule has 2 aliphatic heterocycles. The molecule has 0 radical (unpaired) electrons. The Morgan fingerprint density at radius 3 is 2.79 bits per heavy atom. The van der Waals surface area contributed by atoms with E-state index >= 15 is 0 Å². The van der Waals surface area contributed by atoms with Gasteiger partial charge in [0.1, 0.15) is 23.5 Å². The first-order valence-electron chi connectivity index (χ1n) is 9.36. The summed E-state index contributed by atoms with van der Waals surface area (Å²) in [5.41, 5.74) is 1.37. The van der Waals surface area contributed by atoms with Crippen LogP contribution >= 0.6 is 0 Å². The Balaban J connectivity index is 1.48. The molecule has 0 saturated carbocycles. The number of aromatic nitrogens is 2. The number of para-hydroxylation sites is 1. The molecule has 5 rings (SSSR count). The Labute approximate surface area is 161 Å². The number of ether oxygens (including phenoxy) is 3. The second-order valence-corrected chi connectivity index (χ2v) is 7.17. The van der Waals surface area contributed by atoms with Crippen LogP contribution in [0, 0.1) is 5.82 Å². The molecule has 0 unspecified atom stereocenters. The van der Waals surface area contributed by atoms with E-state index in [2.05, 4.69) is 27.4 Å². The number of benzene rings is 2. The first kappa shape index (κ1) is 17.2. The van der Waals surface area contributed by atoms with Gasteiger partial charge < -0.3 is 19.5 Å². The molecule has 0 amide bonds. The van der Waals surface area contributed by atoms with E-state index < -0.39 is 0 Å². The van der Waals surface area contributed by atoms with Crippen LogP contribution in [0.1, 0.15) is 18.4 Å². The highest BCUT2D eigenvalue weighted by Crippen LogP contribution is 2.41. The fourth-order valence-corrected chi connectivity index (χ4v) is 4.00. The van der Waals surface area contributed by atoms with Crippen LogP contribution in [0.4, 0.5) is 10.2 Å². The lowest BCUT2D eigenvalue weighted by Gasteiger charge is -2.38. The van der Waals surface area contributed by atoms with Crippen molar-refractivity contribution in [3.8, 4) is 11.5 Å². The lowest BCUT2D eigenvalue weighted by molar-refractivity contribution is 0.0543. The second kappa shape index (κ2) is 6.91. The average molecular weight is 381 g/mol. The molecule has 0 aliphatic carbocycles. The largest absolute Gasteiger partial charge is 0.454 e. The van der Waals surface area contributed by atoms with Crippen molar-refractivity contribution in [2.75, 3.05) is 31.9 Å². The summed E-state index contributed by atoms with van der Waals surface area (Å²) in [6.07, 6.45) is 3.14. The Bertz CT molecular complexity index is 1020. The van der Waals surface area contributed by atoms with E-state index in [-0.39, 0.29) is 18.0 Å². The summed E-state index contributed by atoms with van der Waals surface area (Å²) >= 11 is 0. The van der Waals surface area contributed by atoms with Gasteiger partial charge in [-0.3, -0.25) is 0 Å². The van der Waals surface area contributed by atoms with Crippen molar-refractivity contribution in [3.63, 3.8) is 0 Å². The SMILES string of the molecule is Fc1cccc2c(NCC3(c4ccc5c(c4)OCO5)CCOCC3)ncnc12. The maximum Gasteiger partial charge on any atom is 0.231 e. The third-order valence-corrected chi connectivity index (χ3v) is 5.64. The highest BCUT2D eigenvalue weighted by Gasteiger charge is 2.35. The molecule has 144 valence electrons. The van der Waals surface area contributed by atoms with E-state index in [0.717, 1.165) is 24.3 Å². The van der Waals surface area contributed by atoms with Crippen molar-refractivity contribution in [2.45, 2.75) is 18.3 Å². The Morgan fingerprint density at radius 2 is 1.89 bits per heavy atom. The normalized spacial score (nSPS) is 17.6. The van der Waals surface area contributed by atoms with Gasteiger partial charge in [0, 0.05) is 30.6 Å². The number of anilines is 1. The third kappa shape index (κ3) is 2.92. The van der Waals surface area contributed by atoms with E-state index in [0.29, 0.717) is 36.5 Å². The quantitative estimate of drug-likeness (QED) is 0.744. The Morgan fingerprint density at radius 1 is 1.04 bits per heavy atom. The zero-order chi connectivity index (χ0) is 19.0. The van der Waals surface area contributed by atoms with Crippen molar-refractivity contribution in [3.05, 3.63) is 54.1 Å². The van der Waals surface area contributed by atoms with E-state index in [1.807, 2.05) is 12.1 Å². The minimum absolute atomic E-state index is 0.135. The molecule has 1 fully saturated rings. The van der Waals surface area contributed by atoms with Crippen molar-refractivity contribution in [2.24, 2.45) is 0 Å². The molecular weight excluding hydrogens is 361 g/mol. The number of fused-ring (bicyclic) bond motifs is 2. The van der Waals surface area contributed by atoms with Gasteiger partial charge in [-0.05, 0) is 42.7 Å². The molecule has 7 heteroatoms. The van der Waals surface area contributed by atoms with Gasteiger partial charge in [0.25, 0.3) is 0 Å². The van der Waals surface area contributed by atoms with Gasteiger partial charge in [-0.2, -0.15) is 0 Å². The molecule has 0 spiro atoms. The molecule has 1 saturated heterocycles.